The average molecular weight is 363 g/mol. The van der Waals surface area contributed by atoms with E-state index in [0.29, 0.717) is 13.2 Å². The van der Waals surface area contributed by atoms with Gasteiger partial charge in [0.1, 0.15) is 29.6 Å². The van der Waals surface area contributed by atoms with E-state index in [2.05, 4.69) is 10.3 Å². The summed E-state index contributed by atoms with van der Waals surface area (Å²) in [6, 6.07) is 0. The van der Waals surface area contributed by atoms with Crippen LogP contribution in [-0.4, -0.2) is 47.3 Å². The predicted molar refractivity (Wildman–Crippen MR) is 90.9 cm³/mol. The van der Waals surface area contributed by atoms with Crippen LogP contribution in [0.3, 0.4) is 0 Å². The second-order valence-electron chi connectivity index (χ2n) is 6.05. The molecule has 0 spiro atoms. The number of ether oxygens (including phenoxy) is 2. The van der Waals surface area contributed by atoms with E-state index in [-0.39, 0.29) is 47.6 Å². The zero-order chi connectivity index (χ0) is 18.7. The number of fused-ring (bicyclic) bond motifs is 1. The van der Waals surface area contributed by atoms with E-state index in [9.17, 15) is 14.4 Å². The standard InChI is InChI=1S/C17H21N3O6/c1-3-24-17(23)13-10(2)26-15-14(13)16(22)20(9-19-15)8-12(21)18-7-11-5-4-6-25-11/h9,11H,3-8H2,1-2H3,(H,18,21). The van der Waals surface area contributed by atoms with Crippen molar-refractivity contribution >= 4 is 23.0 Å². The van der Waals surface area contributed by atoms with Crippen molar-refractivity contribution in [1.82, 2.24) is 14.9 Å². The first kappa shape index (κ1) is 18.1. The van der Waals surface area contributed by atoms with Crippen molar-refractivity contribution < 1.29 is 23.5 Å². The number of aryl methyl sites for hydroxylation is 1. The number of rotatable bonds is 6. The first-order chi connectivity index (χ1) is 12.5. The summed E-state index contributed by atoms with van der Waals surface area (Å²) in [4.78, 5) is 41.0. The predicted octanol–water partition coefficient (Wildman–Crippen LogP) is 0.770. The second kappa shape index (κ2) is 7.69. The van der Waals surface area contributed by atoms with Gasteiger partial charge in [-0.05, 0) is 26.7 Å². The molecule has 1 aliphatic rings. The molecule has 0 aliphatic carbocycles. The lowest BCUT2D eigenvalue weighted by Crippen LogP contribution is -2.36. The van der Waals surface area contributed by atoms with Crippen molar-refractivity contribution in [3.05, 3.63) is 28.0 Å². The van der Waals surface area contributed by atoms with Crippen molar-refractivity contribution in [1.29, 1.82) is 0 Å². The second-order valence-corrected chi connectivity index (χ2v) is 6.05. The third-order valence-electron chi connectivity index (χ3n) is 4.20. The van der Waals surface area contributed by atoms with Crippen molar-refractivity contribution in [3.63, 3.8) is 0 Å². The fourth-order valence-electron chi connectivity index (χ4n) is 2.94. The minimum absolute atomic E-state index is 0.0169. The van der Waals surface area contributed by atoms with Crippen LogP contribution in [0.15, 0.2) is 15.5 Å². The van der Waals surface area contributed by atoms with Gasteiger partial charge in [-0.3, -0.25) is 14.2 Å². The molecular formula is C17H21N3O6. The van der Waals surface area contributed by atoms with Gasteiger partial charge >= 0.3 is 5.97 Å². The fourth-order valence-corrected chi connectivity index (χ4v) is 2.94. The largest absolute Gasteiger partial charge is 0.462 e. The highest BCUT2D eigenvalue weighted by atomic mass is 16.5. The monoisotopic (exact) mass is 363 g/mol. The molecular weight excluding hydrogens is 342 g/mol. The highest BCUT2D eigenvalue weighted by molar-refractivity contribution is 6.03. The van der Waals surface area contributed by atoms with Crippen LogP contribution in [0.4, 0.5) is 0 Å². The average Bonchev–Trinajstić information content (AvgIpc) is 3.23. The van der Waals surface area contributed by atoms with Crippen LogP contribution < -0.4 is 10.9 Å². The van der Waals surface area contributed by atoms with Gasteiger partial charge in [-0.1, -0.05) is 0 Å². The number of aromatic nitrogens is 2. The highest BCUT2D eigenvalue weighted by Crippen LogP contribution is 2.21. The van der Waals surface area contributed by atoms with E-state index in [1.807, 2.05) is 0 Å². The van der Waals surface area contributed by atoms with Gasteiger partial charge in [0.25, 0.3) is 5.56 Å². The third kappa shape index (κ3) is 3.62. The van der Waals surface area contributed by atoms with Crippen molar-refractivity contribution in [3.8, 4) is 0 Å². The Morgan fingerprint density at radius 1 is 1.46 bits per heavy atom. The quantitative estimate of drug-likeness (QED) is 0.754. The lowest BCUT2D eigenvalue weighted by molar-refractivity contribution is -0.122. The topological polar surface area (TPSA) is 113 Å². The Labute approximate surface area is 149 Å². The Hall–Kier alpha value is -2.68. The molecule has 0 aromatic carbocycles. The molecule has 0 radical (unpaired) electrons. The molecule has 1 saturated heterocycles. The molecule has 140 valence electrons. The summed E-state index contributed by atoms with van der Waals surface area (Å²) in [5.74, 6) is -0.728. The summed E-state index contributed by atoms with van der Waals surface area (Å²) >= 11 is 0. The molecule has 0 saturated carbocycles. The minimum Gasteiger partial charge on any atom is -0.462 e. The number of carbonyl (C=O) groups is 2. The van der Waals surface area contributed by atoms with Crippen LogP contribution in [0.5, 0.6) is 0 Å². The smallest absolute Gasteiger partial charge is 0.342 e. The lowest BCUT2D eigenvalue weighted by atomic mass is 10.2. The summed E-state index contributed by atoms with van der Waals surface area (Å²) in [7, 11) is 0. The molecule has 1 N–H and O–H groups in total. The van der Waals surface area contributed by atoms with Crippen molar-refractivity contribution in [2.75, 3.05) is 19.8 Å². The molecule has 9 heteroatoms. The van der Waals surface area contributed by atoms with Crippen LogP contribution in [-0.2, 0) is 20.8 Å². The maximum atomic E-state index is 12.7. The number of esters is 1. The molecule has 26 heavy (non-hydrogen) atoms. The van der Waals surface area contributed by atoms with Crippen LogP contribution >= 0.6 is 0 Å². The maximum Gasteiger partial charge on any atom is 0.342 e. The number of nitrogens with zero attached hydrogens (tertiary/aromatic N) is 2. The summed E-state index contributed by atoms with van der Waals surface area (Å²) in [5.41, 5.74) is -0.429. The molecule has 0 bridgehead atoms. The van der Waals surface area contributed by atoms with E-state index in [4.69, 9.17) is 13.9 Å². The normalized spacial score (nSPS) is 16.8. The SMILES string of the molecule is CCOC(=O)c1c(C)oc2ncn(CC(=O)NCC3CCCO3)c(=O)c12. The van der Waals surface area contributed by atoms with E-state index in [0.717, 1.165) is 17.4 Å². The van der Waals surface area contributed by atoms with E-state index in [1.54, 1.807) is 13.8 Å². The van der Waals surface area contributed by atoms with Crippen LogP contribution in [0.2, 0.25) is 0 Å². The van der Waals surface area contributed by atoms with Crippen LogP contribution in [0.1, 0.15) is 35.9 Å². The molecule has 3 heterocycles. The number of amides is 1. The molecule has 1 atom stereocenters. The van der Waals surface area contributed by atoms with Gasteiger partial charge in [0.2, 0.25) is 11.6 Å². The summed E-state index contributed by atoms with van der Waals surface area (Å²) < 4.78 is 16.9. The molecule has 1 amide bonds. The Morgan fingerprint density at radius 3 is 2.96 bits per heavy atom. The number of hydrogen-bond donors (Lipinski definition) is 1. The van der Waals surface area contributed by atoms with E-state index in [1.165, 1.54) is 6.33 Å². The zero-order valence-electron chi connectivity index (χ0n) is 14.7. The molecule has 1 aliphatic heterocycles. The number of hydrogen-bond acceptors (Lipinski definition) is 7. The van der Waals surface area contributed by atoms with Crippen LogP contribution in [0, 0.1) is 6.92 Å². The van der Waals surface area contributed by atoms with Gasteiger partial charge in [0.05, 0.1) is 12.7 Å². The van der Waals surface area contributed by atoms with Gasteiger partial charge in [-0.25, -0.2) is 9.78 Å². The molecule has 2 aromatic rings. The van der Waals surface area contributed by atoms with E-state index >= 15 is 0 Å². The molecule has 9 nitrogen and oxygen atoms in total. The maximum absolute atomic E-state index is 12.7. The van der Waals surface area contributed by atoms with Crippen molar-refractivity contribution in [2.45, 2.75) is 39.3 Å². The van der Waals surface area contributed by atoms with Gasteiger partial charge in [-0.2, -0.15) is 0 Å². The molecule has 1 fully saturated rings. The summed E-state index contributed by atoms with van der Waals surface area (Å²) in [5, 5.41) is 2.77. The first-order valence-electron chi connectivity index (χ1n) is 8.55. The summed E-state index contributed by atoms with van der Waals surface area (Å²) in [6.45, 7) is 4.31. The molecule has 2 aromatic heterocycles. The molecule has 3 rings (SSSR count). The Balaban J connectivity index is 1.81. The number of furan rings is 1. The number of nitrogens with one attached hydrogen (secondary N) is 1. The lowest BCUT2D eigenvalue weighted by Gasteiger charge is -2.11. The van der Waals surface area contributed by atoms with Gasteiger partial charge < -0.3 is 19.2 Å². The Kier molecular flexibility index (Phi) is 5.36. The van der Waals surface area contributed by atoms with Gasteiger partial charge in [0, 0.05) is 13.2 Å². The van der Waals surface area contributed by atoms with Crippen molar-refractivity contribution in [2.24, 2.45) is 0 Å². The third-order valence-corrected chi connectivity index (χ3v) is 4.20. The minimum atomic E-state index is -0.650. The Morgan fingerprint density at radius 2 is 2.27 bits per heavy atom. The van der Waals surface area contributed by atoms with Gasteiger partial charge in [-0.15, -0.1) is 0 Å². The zero-order valence-corrected chi connectivity index (χ0v) is 14.7. The fraction of sp³-hybridized carbons (Fsp3) is 0.529. The van der Waals surface area contributed by atoms with E-state index < -0.39 is 11.5 Å². The first-order valence-corrected chi connectivity index (χ1v) is 8.55. The molecule has 1 unspecified atom stereocenters. The number of carbonyl (C=O) groups excluding carboxylic acids is 2. The highest BCUT2D eigenvalue weighted by Gasteiger charge is 2.24. The summed E-state index contributed by atoms with van der Waals surface area (Å²) in [6.07, 6.45) is 3.14. The van der Waals surface area contributed by atoms with Crippen LogP contribution in [0.25, 0.3) is 11.1 Å². The van der Waals surface area contributed by atoms with Gasteiger partial charge in [0.15, 0.2) is 0 Å². The Bertz CT molecular complexity index is 878.